The van der Waals surface area contributed by atoms with E-state index in [0.717, 1.165) is 27.7 Å². The van der Waals surface area contributed by atoms with Crippen LogP contribution in [0.3, 0.4) is 0 Å². The number of aromatic amines is 1. The van der Waals surface area contributed by atoms with Gasteiger partial charge in [-0.25, -0.2) is 9.52 Å². The van der Waals surface area contributed by atoms with Crippen LogP contribution in [0.25, 0.3) is 10.9 Å². The summed E-state index contributed by atoms with van der Waals surface area (Å²) in [5.41, 5.74) is 10.5. The van der Waals surface area contributed by atoms with Crippen molar-refractivity contribution in [3.8, 4) is 0 Å². The van der Waals surface area contributed by atoms with Crippen LogP contribution in [0.15, 0.2) is 36.4 Å². The summed E-state index contributed by atoms with van der Waals surface area (Å²) in [5.74, 6) is 0.120. The minimum absolute atomic E-state index is 0.00831. The zero-order chi connectivity index (χ0) is 27.6. The molecule has 1 fully saturated rings. The average Bonchev–Trinajstić information content (AvgIpc) is 3.21. The molecule has 2 heterocycles. The van der Waals surface area contributed by atoms with Crippen LogP contribution in [0.2, 0.25) is 0 Å². The van der Waals surface area contributed by atoms with Gasteiger partial charge in [-0.2, -0.15) is 12.7 Å². The molecule has 3 aromatic rings. The van der Waals surface area contributed by atoms with Gasteiger partial charge in [0.05, 0.1) is 5.56 Å². The van der Waals surface area contributed by atoms with Crippen molar-refractivity contribution in [1.29, 1.82) is 0 Å². The molecule has 10 heteroatoms. The molecule has 0 radical (unpaired) electrons. The Hall–Kier alpha value is -3.37. The van der Waals surface area contributed by atoms with Gasteiger partial charge in [-0.3, -0.25) is 4.79 Å². The molecule has 1 saturated heterocycles. The van der Waals surface area contributed by atoms with Crippen LogP contribution in [0, 0.1) is 0 Å². The molecule has 1 aliphatic carbocycles. The Morgan fingerprint density at radius 2 is 1.82 bits per heavy atom. The first-order chi connectivity index (χ1) is 17.7. The first-order valence-electron chi connectivity index (χ1n) is 12.8. The van der Waals surface area contributed by atoms with Gasteiger partial charge in [0.1, 0.15) is 5.60 Å². The van der Waals surface area contributed by atoms with Crippen LogP contribution < -0.4 is 10.5 Å². The highest BCUT2D eigenvalue weighted by atomic mass is 32.2. The Bertz CT molecular complexity index is 1560. The summed E-state index contributed by atoms with van der Waals surface area (Å²) in [4.78, 5) is 29.1. The molecular formula is C28H34N4O5S. The summed E-state index contributed by atoms with van der Waals surface area (Å²) < 4.78 is 33.8. The number of H-pyrrole nitrogens is 1. The van der Waals surface area contributed by atoms with Gasteiger partial charge in [0.15, 0.2) is 5.78 Å². The van der Waals surface area contributed by atoms with Crippen LogP contribution >= 0.6 is 0 Å². The number of nitrogens with two attached hydrogens (primary N) is 1. The number of hydrogen-bond donors (Lipinski definition) is 3. The van der Waals surface area contributed by atoms with E-state index in [1.807, 2.05) is 35.1 Å². The fourth-order valence-corrected chi connectivity index (χ4v) is 6.69. The monoisotopic (exact) mass is 538 g/mol. The standard InChI is InChI=1S/C28H34N4O5S/c1-27(2,3)37-26(34)31-38(35,36)32-12-10-16(11-13-32)17-6-8-19-21(14-17)28(4,5)25-23(24(19)33)20-9-7-18(29)15-22(20)30-25/h6-9,14-16,30H,10-13,29H2,1-5H3,(H,31,34). The Balaban J connectivity index is 1.36. The number of ketones is 1. The number of hydrogen-bond acceptors (Lipinski definition) is 6. The van der Waals surface area contributed by atoms with Crippen LogP contribution in [0.1, 0.15) is 86.1 Å². The maximum absolute atomic E-state index is 13.6. The number of benzene rings is 2. The van der Waals surface area contributed by atoms with E-state index in [1.54, 1.807) is 20.8 Å². The third-order valence-electron chi connectivity index (χ3n) is 7.51. The third kappa shape index (κ3) is 4.56. The normalized spacial score (nSPS) is 18.2. The molecule has 0 spiro atoms. The number of amides is 1. The average molecular weight is 539 g/mol. The Morgan fingerprint density at radius 3 is 2.47 bits per heavy atom. The Morgan fingerprint density at radius 1 is 1.13 bits per heavy atom. The molecule has 1 amide bonds. The number of carbonyl (C=O) groups excluding carboxylic acids is 2. The summed E-state index contributed by atoms with van der Waals surface area (Å²) in [6.07, 6.45) is 0.207. The predicted molar refractivity (Wildman–Crippen MR) is 147 cm³/mol. The Labute approximate surface area is 222 Å². The van der Waals surface area contributed by atoms with E-state index in [-0.39, 0.29) is 24.8 Å². The van der Waals surface area contributed by atoms with E-state index >= 15 is 0 Å². The molecule has 202 valence electrons. The summed E-state index contributed by atoms with van der Waals surface area (Å²) in [7, 11) is -4.00. The number of rotatable bonds is 3. The molecule has 1 aliphatic heterocycles. The SMILES string of the molecule is CC(C)(C)OC(=O)NS(=O)(=O)N1CCC(c2ccc3c(c2)C(C)(C)c2[nH]c4cc(N)ccc4c2C3=O)CC1. The molecule has 2 aromatic carbocycles. The number of anilines is 1. The third-order valence-corrected chi connectivity index (χ3v) is 8.98. The number of nitrogen functional groups attached to an aromatic ring is 1. The number of nitrogens with zero attached hydrogens (tertiary/aromatic N) is 1. The number of nitrogens with one attached hydrogen (secondary N) is 2. The minimum atomic E-state index is -4.00. The van der Waals surface area contributed by atoms with Crippen molar-refractivity contribution in [1.82, 2.24) is 14.0 Å². The van der Waals surface area contributed by atoms with Crippen LogP contribution in [-0.2, 0) is 20.4 Å². The molecule has 4 N–H and O–H groups in total. The zero-order valence-electron chi connectivity index (χ0n) is 22.3. The lowest BCUT2D eigenvalue weighted by atomic mass is 9.70. The van der Waals surface area contributed by atoms with Crippen molar-refractivity contribution in [2.45, 2.75) is 64.4 Å². The highest BCUT2D eigenvalue weighted by molar-refractivity contribution is 7.87. The molecule has 0 unspecified atom stereocenters. The highest BCUT2D eigenvalue weighted by Gasteiger charge is 2.40. The summed E-state index contributed by atoms with van der Waals surface area (Å²) in [6.45, 7) is 9.78. The molecule has 0 bridgehead atoms. The zero-order valence-corrected chi connectivity index (χ0v) is 23.2. The van der Waals surface area contributed by atoms with Crippen molar-refractivity contribution in [3.05, 3.63) is 64.3 Å². The van der Waals surface area contributed by atoms with Gasteiger partial charge in [-0.15, -0.1) is 0 Å². The molecular weight excluding hydrogens is 504 g/mol. The first-order valence-corrected chi connectivity index (χ1v) is 14.2. The van der Waals surface area contributed by atoms with Crippen molar-refractivity contribution in [3.63, 3.8) is 0 Å². The van der Waals surface area contributed by atoms with Crippen LogP contribution in [-0.4, -0.2) is 48.3 Å². The number of ether oxygens (including phenoxy) is 1. The lowest BCUT2D eigenvalue weighted by Gasteiger charge is -2.35. The number of carbonyl (C=O) groups is 2. The molecule has 9 nitrogen and oxygen atoms in total. The van der Waals surface area contributed by atoms with E-state index in [9.17, 15) is 18.0 Å². The highest BCUT2D eigenvalue weighted by Crippen LogP contribution is 2.45. The molecule has 5 rings (SSSR count). The van der Waals surface area contributed by atoms with Gasteiger partial charge in [-0.05, 0) is 62.8 Å². The quantitative estimate of drug-likeness (QED) is 0.418. The lowest BCUT2D eigenvalue weighted by molar-refractivity contribution is 0.0566. The number of fused-ring (bicyclic) bond motifs is 4. The second kappa shape index (κ2) is 8.84. The molecule has 1 aromatic heterocycles. The van der Waals surface area contributed by atoms with Gasteiger partial charge >= 0.3 is 16.3 Å². The molecule has 2 aliphatic rings. The van der Waals surface area contributed by atoms with E-state index in [0.29, 0.717) is 29.7 Å². The van der Waals surface area contributed by atoms with Gasteiger partial charge in [0.2, 0.25) is 0 Å². The maximum Gasteiger partial charge on any atom is 0.422 e. The summed E-state index contributed by atoms with van der Waals surface area (Å²) >= 11 is 0. The fourth-order valence-electron chi connectivity index (χ4n) is 5.62. The van der Waals surface area contributed by atoms with Crippen molar-refractivity contribution in [2.75, 3.05) is 18.8 Å². The number of piperidine rings is 1. The first kappa shape index (κ1) is 26.2. The second-order valence-corrected chi connectivity index (χ2v) is 13.4. The van der Waals surface area contributed by atoms with E-state index < -0.39 is 27.3 Å². The largest absolute Gasteiger partial charge is 0.443 e. The fraction of sp³-hybridized carbons (Fsp3) is 0.429. The van der Waals surface area contributed by atoms with Crippen molar-refractivity contribution >= 4 is 38.7 Å². The van der Waals surface area contributed by atoms with Gasteiger partial charge in [-0.1, -0.05) is 38.1 Å². The minimum Gasteiger partial charge on any atom is -0.443 e. The van der Waals surface area contributed by atoms with E-state index in [4.69, 9.17) is 10.5 Å². The lowest BCUT2D eigenvalue weighted by Crippen LogP contribution is -2.47. The van der Waals surface area contributed by atoms with Gasteiger partial charge in [0.25, 0.3) is 0 Å². The second-order valence-electron chi connectivity index (χ2n) is 11.7. The van der Waals surface area contributed by atoms with Crippen molar-refractivity contribution < 1.29 is 22.7 Å². The topological polar surface area (TPSA) is 135 Å². The molecule has 0 saturated carbocycles. The predicted octanol–water partition coefficient (Wildman–Crippen LogP) is 4.57. The number of aromatic nitrogens is 1. The summed E-state index contributed by atoms with van der Waals surface area (Å²) in [5, 5.41) is 0.871. The summed E-state index contributed by atoms with van der Waals surface area (Å²) in [6, 6.07) is 11.5. The van der Waals surface area contributed by atoms with E-state index in [2.05, 4.69) is 24.9 Å². The van der Waals surface area contributed by atoms with E-state index in [1.165, 1.54) is 4.31 Å². The van der Waals surface area contributed by atoms with Gasteiger partial charge in [0, 0.05) is 46.4 Å². The van der Waals surface area contributed by atoms with Gasteiger partial charge < -0.3 is 15.5 Å². The van der Waals surface area contributed by atoms with Crippen LogP contribution in [0.5, 0.6) is 0 Å². The molecule has 0 atom stereocenters. The molecule has 38 heavy (non-hydrogen) atoms. The maximum atomic E-state index is 13.6. The Kier molecular flexibility index (Phi) is 6.11. The van der Waals surface area contributed by atoms with Crippen molar-refractivity contribution in [2.24, 2.45) is 0 Å². The smallest absolute Gasteiger partial charge is 0.422 e. The van der Waals surface area contributed by atoms with Crippen LogP contribution in [0.4, 0.5) is 10.5 Å².